The number of amides is 1. The van der Waals surface area contributed by atoms with Crippen molar-refractivity contribution in [2.45, 2.75) is 39.3 Å². The molecular weight excluding hydrogens is 376 g/mol. The molecule has 1 aliphatic heterocycles. The molecule has 1 aliphatic rings. The van der Waals surface area contributed by atoms with Crippen LogP contribution in [-0.2, 0) is 17.9 Å². The first-order valence-corrected chi connectivity index (χ1v) is 10.7. The second kappa shape index (κ2) is 11.4. The predicted octanol–water partition coefficient (Wildman–Crippen LogP) is 4.41. The largest absolute Gasteiger partial charge is 0.493 e. The zero-order chi connectivity index (χ0) is 21.2. The van der Waals surface area contributed by atoms with Crippen molar-refractivity contribution in [1.82, 2.24) is 10.2 Å². The Morgan fingerprint density at radius 2 is 1.83 bits per heavy atom. The number of allylic oxidation sites excluding steroid dienone is 1. The predicted molar refractivity (Wildman–Crippen MR) is 121 cm³/mol. The minimum atomic E-state index is -0.151. The Bertz CT molecular complexity index is 857. The van der Waals surface area contributed by atoms with E-state index in [4.69, 9.17) is 9.47 Å². The molecule has 0 aromatic heterocycles. The molecule has 160 valence electrons. The molecule has 1 amide bonds. The Balaban J connectivity index is 1.53. The van der Waals surface area contributed by atoms with Crippen LogP contribution < -0.4 is 14.8 Å². The van der Waals surface area contributed by atoms with Gasteiger partial charge in [0.2, 0.25) is 0 Å². The standard InChI is InChI=1S/C25H32N2O3/c1-3-9-20-12-13-23(24(16-20)29-2)30-19-25(28)26-17-21-10-5-6-11-22(21)18-27-14-7-4-8-15-27/h3,5-6,9-13,16H,4,7-8,14-15,17-19H2,1-2H3,(H,26,28)/b9-3+. The van der Waals surface area contributed by atoms with E-state index in [2.05, 4.69) is 28.4 Å². The molecule has 0 saturated carbocycles. The summed E-state index contributed by atoms with van der Waals surface area (Å²) < 4.78 is 11.1. The fraction of sp³-hybridized carbons (Fsp3) is 0.400. The minimum Gasteiger partial charge on any atom is -0.493 e. The molecular formula is C25H32N2O3. The number of likely N-dealkylation sites (tertiary alicyclic amines) is 1. The molecule has 1 heterocycles. The average molecular weight is 409 g/mol. The van der Waals surface area contributed by atoms with Crippen LogP contribution in [0.4, 0.5) is 0 Å². The quantitative estimate of drug-likeness (QED) is 0.668. The molecule has 3 rings (SSSR count). The third-order valence-electron chi connectivity index (χ3n) is 5.34. The Kier molecular flexibility index (Phi) is 8.33. The van der Waals surface area contributed by atoms with Gasteiger partial charge in [0, 0.05) is 13.1 Å². The number of methoxy groups -OCH3 is 1. The molecule has 0 bridgehead atoms. The lowest BCUT2D eigenvalue weighted by Gasteiger charge is -2.27. The highest BCUT2D eigenvalue weighted by molar-refractivity contribution is 5.77. The van der Waals surface area contributed by atoms with Gasteiger partial charge in [0.1, 0.15) is 0 Å². The second-order valence-corrected chi connectivity index (χ2v) is 7.58. The molecule has 0 aliphatic carbocycles. The van der Waals surface area contributed by atoms with Crippen LogP contribution in [0, 0.1) is 0 Å². The van der Waals surface area contributed by atoms with Crippen LogP contribution in [0.1, 0.15) is 42.9 Å². The first-order chi connectivity index (χ1) is 14.7. The smallest absolute Gasteiger partial charge is 0.258 e. The van der Waals surface area contributed by atoms with Crippen LogP contribution in [-0.4, -0.2) is 37.6 Å². The first-order valence-electron chi connectivity index (χ1n) is 10.7. The van der Waals surface area contributed by atoms with Crippen molar-refractivity contribution >= 4 is 12.0 Å². The van der Waals surface area contributed by atoms with Gasteiger partial charge in [-0.25, -0.2) is 0 Å². The Morgan fingerprint density at radius 1 is 1.07 bits per heavy atom. The molecule has 1 N–H and O–H groups in total. The molecule has 0 unspecified atom stereocenters. The Labute approximate surface area is 179 Å². The Morgan fingerprint density at radius 3 is 2.57 bits per heavy atom. The van der Waals surface area contributed by atoms with Crippen molar-refractivity contribution in [3.05, 3.63) is 65.2 Å². The van der Waals surface area contributed by atoms with Gasteiger partial charge in [-0.15, -0.1) is 0 Å². The monoisotopic (exact) mass is 408 g/mol. The lowest BCUT2D eigenvalue weighted by atomic mass is 10.0. The van der Waals surface area contributed by atoms with Crippen molar-refractivity contribution in [2.24, 2.45) is 0 Å². The van der Waals surface area contributed by atoms with Gasteiger partial charge in [-0.2, -0.15) is 0 Å². The van der Waals surface area contributed by atoms with Crippen LogP contribution in [0.5, 0.6) is 11.5 Å². The summed E-state index contributed by atoms with van der Waals surface area (Å²) in [6, 6.07) is 14.0. The summed E-state index contributed by atoms with van der Waals surface area (Å²) in [6.07, 6.45) is 7.83. The number of rotatable bonds is 9. The zero-order valence-corrected chi connectivity index (χ0v) is 18.0. The first kappa shape index (κ1) is 21.9. The van der Waals surface area contributed by atoms with Crippen LogP contribution in [0.2, 0.25) is 0 Å². The maximum atomic E-state index is 12.4. The SMILES string of the molecule is C/C=C/c1ccc(OCC(=O)NCc2ccccc2CN2CCCCC2)c(OC)c1. The summed E-state index contributed by atoms with van der Waals surface area (Å²) in [5, 5.41) is 2.98. The zero-order valence-electron chi connectivity index (χ0n) is 18.0. The summed E-state index contributed by atoms with van der Waals surface area (Å²) in [5.74, 6) is 1.03. The Hall–Kier alpha value is -2.79. The molecule has 5 nitrogen and oxygen atoms in total. The maximum absolute atomic E-state index is 12.4. The van der Waals surface area contributed by atoms with Crippen molar-refractivity contribution < 1.29 is 14.3 Å². The number of nitrogens with one attached hydrogen (secondary N) is 1. The number of benzene rings is 2. The van der Waals surface area contributed by atoms with Gasteiger partial charge in [-0.1, -0.05) is 48.9 Å². The number of carbonyl (C=O) groups is 1. The number of ether oxygens (including phenoxy) is 2. The van der Waals surface area contributed by atoms with E-state index in [0.717, 1.165) is 30.8 Å². The van der Waals surface area contributed by atoms with E-state index in [0.29, 0.717) is 18.0 Å². The van der Waals surface area contributed by atoms with E-state index in [1.165, 1.54) is 24.8 Å². The average Bonchev–Trinajstić information content (AvgIpc) is 2.78. The highest BCUT2D eigenvalue weighted by Gasteiger charge is 2.13. The molecule has 2 aromatic rings. The molecule has 0 spiro atoms. The van der Waals surface area contributed by atoms with E-state index in [-0.39, 0.29) is 12.5 Å². The topological polar surface area (TPSA) is 50.8 Å². The van der Waals surface area contributed by atoms with Crippen molar-refractivity contribution in [1.29, 1.82) is 0 Å². The molecule has 2 aromatic carbocycles. The van der Waals surface area contributed by atoms with Gasteiger partial charge >= 0.3 is 0 Å². The van der Waals surface area contributed by atoms with Gasteiger partial charge in [0.25, 0.3) is 5.91 Å². The van der Waals surface area contributed by atoms with Crippen molar-refractivity contribution in [3.8, 4) is 11.5 Å². The van der Waals surface area contributed by atoms with Crippen LogP contribution in [0.25, 0.3) is 6.08 Å². The van der Waals surface area contributed by atoms with E-state index < -0.39 is 0 Å². The maximum Gasteiger partial charge on any atom is 0.258 e. The fourth-order valence-electron chi connectivity index (χ4n) is 3.73. The highest BCUT2D eigenvalue weighted by Crippen LogP contribution is 2.28. The summed E-state index contributed by atoms with van der Waals surface area (Å²) in [5.41, 5.74) is 3.46. The van der Waals surface area contributed by atoms with Gasteiger partial charge in [0.15, 0.2) is 18.1 Å². The lowest BCUT2D eigenvalue weighted by molar-refractivity contribution is -0.123. The molecule has 5 heteroatoms. The number of piperidine rings is 1. The van der Waals surface area contributed by atoms with E-state index in [9.17, 15) is 4.79 Å². The van der Waals surface area contributed by atoms with Crippen molar-refractivity contribution in [3.63, 3.8) is 0 Å². The highest BCUT2D eigenvalue weighted by atomic mass is 16.5. The molecule has 0 atom stereocenters. The van der Waals surface area contributed by atoms with E-state index in [1.54, 1.807) is 7.11 Å². The summed E-state index contributed by atoms with van der Waals surface area (Å²) in [7, 11) is 1.60. The number of hydrogen-bond donors (Lipinski definition) is 1. The summed E-state index contributed by atoms with van der Waals surface area (Å²) in [4.78, 5) is 14.9. The fourth-order valence-corrected chi connectivity index (χ4v) is 3.73. The third-order valence-corrected chi connectivity index (χ3v) is 5.34. The van der Waals surface area contributed by atoms with Crippen LogP contribution in [0.3, 0.4) is 0 Å². The second-order valence-electron chi connectivity index (χ2n) is 7.58. The van der Waals surface area contributed by atoms with Crippen molar-refractivity contribution in [2.75, 3.05) is 26.8 Å². The molecule has 30 heavy (non-hydrogen) atoms. The van der Waals surface area contributed by atoms with Gasteiger partial charge < -0.3 is 14.8 Å². The van der Waals surface area contributed by atoms with Gasteiger partial charge in [-0.3, -0.25) is 9.69 Å². The van der Waals surface area contributed by atoms with Gasteiger partial charge in [0.05, 0.1) is 7.11 Å². The van der Waals surface area contributed by atoms with Gasteiger partial charge in [-0.05, 0) is 61.7 Å². The molecule has 0 radical (unpaired) electrons. The van der Waals surface area contributed by atoms with E-state index in [1.807, 2.05) is 43.3 Å². The normalized spacial score (nSPS) is 14.6. The van der Waals surface area contributed by atoms with Crippen LogP contribution >= 0.6 is 0 Å². The molecule has 1 saturated heterocycles. The van der Waals surface area contributed by atoms with E-state index >= 15 is 0 Å². The summed E-state index contributed by atoms with van der Waals surface area (Å²) in [6.45, 7) is 5.67. The number of carbonyl (C=O) groups excluding carboxylic acids is 1. The lowest BCUT2D eigenvalue weighted by Crippen LogP contribution is -2.31. The molecule has 1 fully saturated rings. The summed E-state index contributed by atoms with van der Waals surface area (Å²) >= 11 is 0. The number of hydrogen-bond acceptors (Lipinski definition) is 4. The minimum absolute atomic E-state index is 0.0480. The number of nitrogens with zero attached hydrogens (tertiary/aromatic N) is 1. The third kappa shape index (κ3) is 6.36. The van der Waals surface area contributed by atoms with Crippen LogP contribution in [0.15, 0.2) is 48.5 Å².